The molecule has 8 nitrogen and oxygen atoms in total. The molecule has 8 heteroatoms. The number of phenols is 1. The lowest BCUT2D eigenvalue weighted by Crippen LogP contribution is -2.36. The first kappa shape index (κ1) is 23.4. The first-order chi connectivity index (χ1) is 17.4. The highest BCUT2D eigenvalue weighted by atomic mass is 16.5. The van der Waals surface area contributed by atoms with E-state index in [1.807, 2.05) is 6.07 Å². The summed E-state index contributed by atoms with van der Waals surface area (Å²) in [5, 5.41) is 9.75. The molecular formula is C28H25NO7. The quantitative estimate of drug-likeness (QED) is 0.319. The zero-order valence-corrected chi connectivity index (χ0v) is 19.7. The molecule has 0 spiro atoms. The second kappa shape index (κ2) is 9.75. The van der Waals surface area contributed by atoms with Crippen LogP contribution in [-0.2, 0) is 11.2 Å². The number of benzene rings is 3. The van der Waals surface area contributed by atoms with Crippen LogP contribution in [0.3, 0.4) is 0 Å². The molecule has 4 aromatic rings. The van der Waals surface area contributed by atoms with Gasteiger partial charge in [-0.2, -0.15) is 0 Å². The topological polar surface area (TPSA) is 121 Å². The normalized spacial score (nSPS) is 13.7. The summed E-state index contributed by atoms with van der Waals surface area (Å²) in [6.45, 7) is 2.84. The Morgan fingerprint density at radius 2 is 1.78 bits per heavy atom. The summed E-state index contributed by atoms with van der Waals surface area (Å²) in [7, 11) is 0. The van der Waals surface area contributed by atoms with Crippen molar-refractivity contribution >= 4 is 16.9 Å². The fraction of sp³-hybridized carbons (Fsp3) is 0.214. The van der Waals surface area contributed by atoms with Crippen molar-refractivity contribution in [3.8, 4) is 34.1 Å². The lowest BCUT2D eigenvalue weighted by atomic mass is 10.0. The van der Waals surface area contributed by atoms with Crippen molar-refractivity contribution in [2.24, 2.45) is 5.73 Å². The van der Waals surface area contributed by atoms with Crippen molar-refractivity contribution in [3.05, 3.63) is 82.2 Å². The van der Waals surface area contributed by atoms with E-state index in [1.165, 1.54) is 24.3 Å². The van der Waals surface area contributed by atoms with Crippen LogP contribution in [-0.4, -0.2) is 30.3 Å². The van der Waals surface area contributed by atoms with Gasteiger partial charge in [0.2, 0.25) is 5.43 Å². The van der Waals surface area contributed by atoms with E-state index < -0.39 is 12.0 Å². The highest BCUT2D eigenvalue weighted by Crippen LogP contribution is 2.35. The molecule has 1 aliphatic rings. The van der Waals surface area contributed by atoms with Crippen molar-refractivity contribution in [1.29, 1.82) is 0 Å². The van der Waals surface area contributed by atoms with Crippen molar-refractivity contribution in [3.63, 3.8) is 0 Å². The molecule has 0 fully saturated rings. The third-order valence-corrected chi connectivity index (χ3v) is 5.99. The number of nitrogens with two attached hydrogens (primary N) is 1. The maximum absolute atomic E-state index is 13.4. The number of carbonyl (C=O) groups excluding carboxylic acids is 1. The summed E-state index contributed by atoms with van der Waals surface area (Å²) >= 11 is 0. The summed E-state index contributed by atoms with van der Waals surface area (Å²) in [5.74, 6) is 1.40. The van der Waals surface area contributed by atoms with Crippen LogP contribution in [0.1, 0.15) is 17.7 Å². The molecule has 1 unspecified atom stereocenters. The maximum atomic E-state index is 13.4. The Morgan fingerprint density at radius 3 is 2.56 bits per heavy atom. The van der Waals surface area contributed by atoms with Gasteiger partial charge in [0.15, 0.2) is 11.5 Å². The summed E-state index contributed by atoms with van der Waals surface area (Å²) in [6.07, 6.45) is 1.04. The molecular weight excluding hydrogens is 462 g/mol. The predicted molar refractivity (Wildman–Crippen MR) is 134 cm³/mol. The van der Waals surface area contributed by atoms with Gasteiger partial charge in [0.1, 0.15) is 28.9 Å². The van der Waals surface area contributed by atoms with E-state index in [4.69, 9.17) is 24.4 Å². The van der Waals surface area contributed by atoms with Gasteiger partial charge in [0.25, 0.3) is 0 Å². The second-order valence-electron chi connectivity index (χ2n) is 8.63. The summed E-state index contributed by atoms with van der Waals surface area (Å²) in [4.78, 5) is 25.9. The predicted octanol–water partition coefficient (Wildman–Crippen LogP) is 4.11. The number of rotatable bonds is 5. The van der Waals surface area contributed by atoms with Crippen molar-refractivity contribution < 1.29 is 28.5 Å². The van der Waals surface area contributed by atoms with Crippen LogP contribution < -0.4 is 25.4 Å². The fourth-order valence-corrected chi connectivity index (χ4v) is 4.16. The minimum atomic E-state index is -0.902. The number of ether oxygens (including phenoxy) is 3. The molecule has 1 atom stereocenters. The van der Waals surface area contributed by atoms with Gasteiger partial charge in [0.05, 0.1) is 24.2 Å². The van der Waals surface area contributed by atoms with Crippen LogP contribution in [0.5, 0.6) is 23.0 Å². The zero-order valence-electron chi connectivity index (χ0n) is 19.7. The van der Waals surface area contributed by atoms with Crippen molar-refractivity contribution in [2.45, 2.75) is 25.8 Å². The third-order valence-electron chi connectivity index (χ3n) is 5.99. The van der Waals surface area contributed by atoms with Crippen molar-refractivity contribution in [1.82, 2.24) is 0 Å². The van der Waals surface area contributed by atoms with Gasteiger partial charge in [-0.25, -0.2) is 4.79 Å². The van der Waals surface area contributed by atoms with E-state index in [2.05, 4.69) is 0 Å². The van der Waals surface area contributed by atoms with Gasteiger partial charge in [0, 0.05) is 12.5 Å². The Morgan fingerprint density at radius 1 is 1.03 bits per heavy atom. The van der Waals surface area contributed by atoms with E-state index >= 15 is 0 Å². The highest BCUT2D eigenvalue weighted by molar-refractivity contribution is 5.85. The van der Waals surface area contributed by atoms with Gasteiger partial charge in [-0.1, -0.05) is 18.2 Å². The molecule has 0 bridgehead atoms. The molecule has 3 aromatic carbocycles. The maximum Gasteiger partial charge on any atom is 0.328 e. The summed E-state index contributed by atoms with van der Waals surface area (Å²) < 4.78 is 22.9. The Hall–Kier alpha value is -4.30. The minimum absolute atomic E-state index is 0.135. The monoisotopic (exact) mass is 487 g/mol. The smallest absolute Gasteiger partial charge is 0.328 e. The highest BCUT2D eigenvalue weighted by Gasteiger charge is 2.20. The van der Waals surface area contributed by atoms with E-state index in [0.29, 0.717) is 52.6 Å². The third kappa shape index (κ3) is 4.76. The SMILES string of the molecule is Cc1oc2cc(OC(=O)C(N)Cc3ccc(O)cc3)ccc2c(=O)c1-c1ccc2c(c1)OCCCO2. The molecule has 36 heavy (non-hydrogen) atoms. The average Bonchev–Trinajstić information content (AvgIpc) is 3.10. The number of esters is 1. The van der Waals surface area contributed by atoms with Gasteiger partial charge in [-0.3, -0.25) is 4.79 Å². The van der Waals surface area contributed by atoms with E-state index in [1.54, 1.807) is 37.3 Å². The second-order valence-corrected chi connectivity index (χ2v) is 8.63. The molecule has 0 saturated heterocycles. The Labute approximate surface area is 206 Å². The zero-order chi connectivity index (χ0) is 25.2. The van der Waals surface area contributed by atoms with Crippen LogP contribution in [0.2, 0.25) is 0 Å². The summed E-state index contributed by atoms with van der Waals surface area (Å²) in [5.41, 5.74) is 7.99. The van der Waals surface area contributed by atoms with Crippen LogP contribution in [0, 0.1) is 6.92 Å². The molecule has 3 N–H and O–H groups in total. The fourth-order valence-electron chi connectivity index (χ4n) is 4.16. The number of phenolic OH excluding ortho intramolecular Hbond substituents is 1. The molecule has 0 amide bonds. The number of hydrogen-bond acceptors (Lipinski definition) is 8. The van der Waals surface area contributed by atoms with Crippen LogP contribution in [0.25, 0.3) is 22.1 Å². The number of aromatic hydroxyl groups is 1. The standard InChI is InChI=1S/C28H25NO7/c1-16-26(18-5-10-23-25(14-18)34-12-2-11-33-23)27(31)21-9-8-20(15-24(21)35-16)36-28(32)22(29)13-17-3-6-19(30)7-4-17/h3-10,14-15,22,30H,2,11-13,29H2,1H3. The lowest BCUT2D eigenvalue weighted by molar-refractivity contribution is -0.135. The average molecular weight is 488 g/mol. The molecule has 184 valence electrons. The summed E-state index contributed by atoms with van der Waals surface area (Å²) in [6, 6.07) is 15.5. The molecule has 0 aliphatic carbocycles. The first-order valence-corrected chi connectivity index (χ1v) is 11.6. The molecule has 5 rings (SSSR count). The van der Waals surface area contributed by atoms with Gasteiger partial charge >= 0.3 is 5.97 Å². The molecule has 0 radical (unpaired) electrons. The Bertz CT molecular complexity index is 1490. The number of carbonyl (C=O) groups is 1. The Kier molecular flexibility index (Phi) is 6.35. The number of hydrogen-bond donors (Lipinski definition) is 2. The minimum Gasteiger partial charge on any atom is -0.508 e. The van der Waals surface area contributed by atoms with E-state index in [9.17, 15) is 14.7 Å². The molecule has 1 aromatic heterocycles. The van der Waals surface area contributed by atoms with E-state index in [0.717, 1.165) is 12.0 Å². The van der Waals surface area contributed by atoms with Crippen LogP contribution >= 0.6 is 0 Å². The van der Waals surface area contributed by atoms with E-state index in [-0.39, 0.29) is 23.3 Å². The molecule has 2 heterocycles. The van der Waals surface area contributed by atoms with Crippen LogP contribution in [0.15, 0.2) is 69.9 Å². The lowest BCUT2D eigenvalue weighted by Gasteiger charge is -2.13. The van der Waals surface area contributed by atoms with Gasteiger partial charge in [-0.05, 0) is 60.9 Å². The number of fused-ring (bicyclic) bond motifs is 2. The largest absolute Gasteiger partial charge is 0.508 e. The molecule has 1 aliphatic heterocycles. The van der Waals surface area contributed by atoms with Gasteiger partial charge < -0.3 is 29.5 Å². The van der Waals surface area contributed by atoms with Crippen molar-refractivity contribution in [2.75, 3.05) is 13.2 Å². The van der Waals surface area contributed by atoms with Gasteiger partial charge in [-0.15, -0.1) is 0 Å². The first-order valence-electron chi connectivity index (χ1n) is 11.6. The van der Waals surface area contributed by atoms with Crippen LogP contribution in [0.4, 0.5) is 0 Å². The molecule has 0 saturated carbocycles. The number of aryl methyl sites for hydroxylation is 1. The Balaban J connectivity index is 1.39.